The Hall–Kier alpha value is -1.59. The first-order valence-electron chi connectivity index (χ1n) is 7.65. The number of para-hydroxylation sites is 1. The molecular formula is C16H21ClN4O. The van der Waals surface area contributed by atoms with Gasteiger partial charge in [0.25, 0.3) is 0 Å². The van der Waals surface area contributed by atoms with E-state index in [9.17, 15) is 0 Å². The molecule has 1 atom stereocenters. The van der Waals surface area contributed by atoms with Crippen molar-refractivity contribution < 1.29 is 4.74 Å². The van der Waals surface area contributed by atoms with Crippen molar-refractivity contribution in [3.8, 4) is 5.75 Å². The summed E-state index contributed by atoms with van der Waals surface area (Å²) in [6, 6.07) is 7.96. The number of hydrogen-bond donors (Lipinski definition) is 0. The number of aromatic nitrogens is 3. The van der Waals surface area contributed by atoms with Gasteiger partial charge in [0, 0.05) is 19.1 Å². The molecule has 0 saturated carbocycles. The van der Waals surface area contributed by atoms with Gasteiger partial charge in [0.15, 0.2) is 0 Å². The van der Waals surface area contributed by atoms with Gasteiger partial charge in [0.05, 0.1) is 11.6 Å². The number of hydrogen-bond acceptors (Lipinski definition) is 4. The highest BCUT2D eigenvalue weighted by molar-refractivity contribution is 6.32. The van der Waals surface area contributed by atoms with Crippen LogP contribution in [0.15, 0.2) is 30.6 Å². The third-order valence-corrected chi connectivity index (χ3v) is 4.17. The van der Waals surface area contributed by atoms with Crippen LogP contribution in [0.25, 0.3) is 0 Å². The molecule has 1 aromatic carbocycles. The van der Waals surface area contributed by atoms with E-state index in [1.165, 1.54) is 0 Å². The molecule has 1 saturated heterocycles. The van der Waals surface area contributed by atoms with Gasteiger partial charge in [-0.05, 0) is 32.4 Å². The van der Waals surface area contributed by atoms with Gasteiger partial charge in [-0.3, -0.25) is 4.90 Å². The zero-order valence-electron chi connectivity index (χ0n) is 12.9. The first-order valence-corrected chi connectivity index (χ1v) is 8.03. The topological polar surface area (TPSA) is 43.2 Å². The summed E-state index contributed by atoms with van der Waals surface area (Å²) in [5.41, 5.74) is 0. The molecule has 118 valence electrons. The minimum absolute atomic E-state index is 0.176. The van der Waals surface area contributed by atoms with E-state index in [4.69, 9.17) is 16.3 Å². The maximum atomic E-state index is 6.15. The summed E-state index contributed by atoms with van der Waals surface area (Å²) >= 11 is 6.15. The van der Waals surface area contributed by atoms with E-state index in [2.05, 4.69) is 28.8 Å². The number of ether oxygens (including phenoxy) is 1. The summed E-state index contributed by atoms with van der Waals surface area (Å²) in [7, 11) is 0. The molecule has 0 spiro atoms. The first-order chi connectivity index (χ1) is 10.6. The lowest BCUT2D eigenvalue weighted by Crippen LogP contribution is -2.26. The highest BCUT2D eigenvalue weighted by Gasteiger charge is 2.26. The maximum absolute atomic E-state index is 6.15. The molecule has 1 fully saturated rings. The lowest BCUT2D eigenvalue weighted by Gasteiger charge is -2.18. The van der Waals surface area contributed by atoms with E-state index < -0.39 is 0 Å². The van der Waals surface area contributed by atoms with Crippen molar-refractivity contribution in [2.24, 2.45) is 0 Å². The third kappa shape index (κ3) is 3.42. The molecule has 0 N–H and O–H groups in total. The number of benzene rings is 1. The number of likely N-dealkylation sites (tertiary alicyclic amines) is 1. The van der Waals surface area contributed by atoms with Crippen LogP contribution in [0, 0.1) is 0 Å². The molecule has 1 aliphatic rings. The average Bonchev–Trinajstić information content (AvgIpc) is 3.11. The Morgan fingerprint density at radius 2 is 2.18 bits per heavy atom. The fourth-order valence-electron chi connectivity index (χ4n) is 2.78. The molecule has 2 heterocycles. The molecule has 1 aliphatic heterocycles. The summed E-state index contributed by atoms with van der Waals surface area (Å²) < 4.78 is 7.99. The predicted octanol–water partition coefficient (Wildman–Crippen LogP) is 3.17. The summed E-state index contributed by atoms with van der Waals surface area (Å²) in [6.07, 6.45) is 2.81. The van der Waals surface area contributed by atoms with E-state index in [1.54, 1.807) is 6.33 Å². The molecule has 0 amide bonds. The summed E-state index contributed by atoms with van der Waals surface area (Å²) in [6.45, 7) is 6.92. The van der Waals surface area contributed by atoms with Gasteiger partial charge in [0.1, 0.15) is 24.0 Å². The van der Waals surface area contributed by atoms with Crippen molar-refractivity contribution in [2.45, 2.75) is 39.0 Å². The second-order valence-corrected chi connectivity index (χ2v) is 6.32. The van der Waals surface area contributed by atoms with Crippen molar-refractivity contribution >= 4 is 11.6 Å². The molecule has 3 rings (SSSR count). The Balaban J connectivity index is 1.58. The first kappa shape index (κ1) is 15.3. The van der Waals surface area contributed by atoms with Crippen LogP contribution in [0.1, 0.15) is 32.1 Å². The van der Waals surface area contributed by atoms with Crippen LogP contribution in [-0.2, 0) is 6.54 Å². The Morgan fingerprint density at radius 3 is 2.95 bits per heavy atom. The van der Waals surface area contributed by atoms with Gasteiger partial charge in [-0.25, -0.2) is 9.67 Å². The van der Waals surface area contributed by atoms with Crippen molar-refractivity contribution in [3.05, 3.63) is 41.4 Å². The molecular weight excluding hydrogens is 300 g/mol. The molecule has 5 nitrogen and oxygen atoms in total. The van der Waals surface area contributed by atoms with Gasteiger partial charge in [-0.15, -0.1) is 0 Å². The van der Waals surface area contributed by atoms with Crippen molar-refractivity contribution in [3.63, 3.8) is 0 Å². The summed E-state index contributed by atoms with van der Waals surface area (Å²) in [5, 5.41) is 4.95. The van der Waals surface area contributed by atoms with E-state index in [0.29, 0.717) is 11.1 Å². The Bertz CT molecular complexity index is 628. The molecule has 0 aliphatic carbocycles. The predicted molar refractivity (Wildman–Crippen MR) is 86.2 cm³/mol. The largest absolute Gasteiger partial charge is 0.487 e. The maximum Gasteiger partial charge on any atom is 0.141 e. The zero-order valence-corrected chi connectivity index (χ0v) is 13.7. The van der Waals surface area contributed by atoms with Gasteiger partial charge in [-0.1, -0.05) is 23.7 Å². The fraction of sp³-hybridized carbons (Fsp3) is 0.500. The van der Waals surface area contributed by atoms with Gasteiger partial charge in [0.2, 0.25) is 0 Å². The highest BCUT2D eigenvalue weighted by Crippen LogP contribution is 2.26. The number of rotatable bonds is 5. The van der Waals surface area contributed by atoms with E-state index >= 15 is 0 Å². The quantitative estimate of drug-likeness (QED) is 0.848. The van der Waals surface area contributed by atoms with Gasteiger partial charge >= 0.3 is 0 Å². The van der Waals surface area contributed by atoms with Crippen LogP contribution >= 0.6 is 11.6 Å². The molecule has 1 aromatic heterocycles. The Morgan fingerprint density at radius 1 is 1.36 bits per heavy atom. The van der Waals surface area contributed by atoms with E-state index in [1.807, 2.05) is 28.9 Å². The van der Waals surface area contributed by atoms with Gasteiger partial charge in [-0.2, -0.15) is 5.10 Å². The van der Waals surface area contributed by atoms with Crippen LogP contribution in [0.5, 0.6) is 5.75 Å². The zero-order chi connectivity index (χ0) is 15.5. The van der Waals surface area contributed by atoms with Crippen molar-refractivity contribution in [1.82, 2.24) is 19.7 Å². The van der Waals surface area contributed by atoms with Gasteiger partial charge < -0.3 is 4.74 Å². The molecule has 0 bridgehead atoms. The van der Waals surface area contributed by atoms with Crippen LogP contribution in [0.4, 0.5) is 0 Å². The number of halogens is 1. The molecule has 0 radical (unpaired) electrons. The highest BCUT2D eigenvalue weighted by atomic mass is 35.5. The smallest absolute Gasteiger partial charge is 0.141 e. The lowest BCUT2D eigenvalue weighted by molar-refractivity contribution is 0.196. The third-order valence-electron chi connectivity index (χ3n) is 3.86. The van der Waals surface area contributed by atoms with E-state index in [0.717, 1.165) is 37.6 Å². The number of nitrogens with zero attached hydrogens (tertiary/aromatic N) is 4. The second-order valence-electron chi connectivity index (χ2n) is 5.91. The standard InChI is InChI=1S/C16H21ClN4O/c1-12(2)21-16(18-11-19-21)10-20-8-7-13(9-20)22-15-6-4-3-5-14(15)17/h3-6,11-13H,7-10H2,1-2H3/t13-/m0/s1. The van der Waals surface area contributed by atoms with Crippen LogP contribution in [-0.4, -0.2) is 38.9 Å². The lowest BCUT2D eigenvalue weighted by atomic mass is 10.3. The minimum atomic E-state index is 0.176. The average molecular weight is 321 g/mol. The SMILES string of the molecule is CC(C)n1ncnc1CN1CC[C@H](Oc2ccccc2Cl)C1. The summed E-state index contributed by atoms with van der Waals surface area (Å²) in [5.74, 6) is 1.77. The molecule has 22 heavy (non-hydrogen) atoms. The van der Waals surface area contributed by atoms with Crippen molar-refractivity contribution in [2.75, 3.05) is 13.1 Å². The van der Waals surface area contributed by atoms with Crippen LogP contribution in [0.3, 0.4) is 0 Å². The minimum Gasteiger partial charge on any atom is -0.487 e. The van der Waals surface area contributed by atoms with Crippen LogP contribution in [0.2, 0.25) is 5.02 Å². The van der Waals surface area contributed by atoms with E-state index in [-0.39, 0.29) is 6.10 Å². The molecule has 0 unspecified atom stereocenters. The fourth-order valence-corrected chi connectivity index (χ4v) is 2.96. The Kier molecular flexibility index (Phi) is 4.64. The Labute approximate surface area is 135 Å². The summed E-state index contributed by atoms with van der Waals surface area (Å²) in [4.78, 5) is 6.72. The second kappa shape index (κ2) is 6.67. The monoisotopic (exact) mass is 320 g/mol. The normalized spacial score (nSPS) is 19.0. The van der Waals surface area contributed by atoms with Crippen molar-refractivity contribution in [1.29, 1.82) is 0 Å². The molecule has 2 aromatic rings. The molecule has 6 heteroatoms. The van der Waals surface area contributed by atoms with Crippen LogP contribution < -0.4 is 4.74 Å².